The van der Waals surface area contributed by atoms with Crippen LogP contribution in [0.5, 0.6) is 0 Å². The molecule has 1 radical (unpaired) electrons. The third-order valence-electron chi connectivity index (χ3n) is 0. The second-order valence-corrected chi connectivity index (χ2v) is 1.34. The Bertz CT molecular complexity index is 81.5. The fourth-order valence-electron chi connectivity index (χ4n) is 0. The van der Waals surface area contributed by atoms with Crippen LogP contribution in [0.25, 0.3) is 0 Å². The van der Waals surface area contributed by atoms with Crippen LogP contribution >= 0.6 is 16.5 Å². The maximum Gasteiger partial charge on any atom is 1.00 e. The molecule has 12 heavy (non-hydrogen) atoms. The van der Waals surface area contributed by atoms with Crippen LogP contribution in [0.3, 0.4) is 0 Å². The molecule has 0 rings (SSSR count). The second-order valence-electron chi connectivity index (χ2n) is 0.447. The summed E-state index contributed by atoms with van der Waals surface area (Å²) in [5, 5.41) is 0. The summed E-state index contributed by atoms with van der Waals surface area (Å²) in [6, 6.07) is 0. The number of hydrogen-bond donors (Lipinski definition) is 0. The van der Waals surface area contributed by atoms with Crippen LogP contribution in [0.2, 0.25) is 0 Å². The molecular formula is C2H5NaO6P2Re-2. The van der Waals surface area contributed by atoms with Crippen molar-refractivity contribution in [2.45, 2.75) is 6.92 Å². The molecule has 0 saturated heterocycles. The van der Waals surface area contributed by atoms with Crippen molar-refractivity contribution in [2.75, 3.05) is 0 Å². The maximum absolute atomic E-state index is 8.48. The molecule has 0 aromatic rings. The van der Waals surface area contributed by atoms with E-state index in [2.05, 4.69) is 6.92 Å². The van der Waals surface area contributed by atoms with E-state index in [1.807, 2.05) is 0 Å². The molecule has 0 aromatic carbocycles. The van der Waals surface area contributed by atoms with Crippen molar-refractivity contribution >= 4 is 16.5 Å². The molecule has 0 saturated carbocycles. The van der Waals surface area contributed by atoms with E-state index >= 15 is 0 Å². The van der Waals surface area contributed by atoms with Crippen molar-refractivity contribution in [3.05, 3.63) is 6.92 Å². The van der Waals surface area contributed by atoms with Gasteiger partial charge in [0.05, 0.1) is 0 Å². The summed E-state index contributed by atoms with van der Waals surface area (Å²) in [6.07, 6.45) is 0. The van der Waals surface area contributed by atoms with Crippen LogP contribution in [-0.4, -0.2) is 0 Å². The average Bonchev–Trinajstić information content (AvgIpc) is 1.66. The van der Waals surface area contributed by atoms with Crippen molar-refractivity contribution in [3.63, 3.8) is 0 Å². The minimum Gasteiger partial charge on any atom is -0.598 e. The van der Waals surface area contributed by atoms with Gasteiger partial charge in [0.15, 0.2) is 0 Å². The fourth-order valence-corrected chi connectivity index (χ4v) is 0. The molecule has 0 fully saturated rings. The first kappa shape index (κ1) is 29.2. The van der Waals surface area contributed by atoms with E-state index in [1.54, 1.807) is 6.92 Å². The smallest absolute Gasteiger partial charge is 0.598 e. The van der Waals surface area contributed by atoms with Gasteiger partial charge in [0.1, 0.15) is 0 Å². The molecular weight excluding hydrogens is 391 g/mol. The number of rotatable bonds is 0. The van der Waals surface area contributed by atoms with Gasteiger partial charge in [-0.3, -0.25) is 0 Å². The first-order chi connectivity index (χ1) is 4.46. The maximum atomic E-state index is 8.48. The summed E-state index contributed by atoms with van der Waals surface area (Å²) in [4.78, 5) is 33.9. The molecule has 0 heterocycles. The van der Waals surface area contributed by atoms with Crippen LogP contribution in [-0.2, 0) is 29.6 Å². The van der Waals surface area contributed by atoms with E-state index in [9.17, 15) is 0 Å². The minimum absolute atomic E-state index is 0. The van der Waals surface area contributed by atoms with Crippen LogP contribution < -0.4 is 49.1 Å². The Morgan fingerprint density at radius 2 is 0.917 bits per heavy atom. The summed E-state index contributed by atoms with van der Waals surface area (Å²) in [5.74, 6) is 0. The Balaban J connectivity index is -0.0000000198. The van der Waals surface area contributed by atoms with E-state index in [4.69, 9.17) is 28.7 Å². The van der Waals surface area contributed by atoms with Gasteiger partial charge in [-0.2, -0.15) is 6.92 Å². The van der Waals surface area contributed by atoms with Crippen LogP contribution in [0, 0.1) is 6.92 Å². The molecule has 0 spiro atoms. The predicted octanol–water partition coefficient (Wildman–Crippen LogP) is -5.43. The average molecular weight is 396 g/mol. The summed E-state index contributed by atoms with van der Waals surface area (Å²) in [6.45, 7) is 5.00. The Hall–Kier alpha value is 1.70. The molecule has 10 heteroatoms. The summed E-state index contributed by atoms with van der Waals surface area (Å²) in [7, 11) is -6.74. The van der Waals surface area contributed by atoms with E-state index in [0.717, 1.165) is 0 Å². The zero-order chi connectivity index (χ0) is 9.15. The van der Waals surface area contributed by atoms with Gasteiger partial charge in [0.2, 0.25) is 0 Å². The monoisotopic (exact) mass is 397 g/mol. The van der Waals surface area contributed by atoms with Crippen LogP contribution in [0.15, 0.2) is 0 Å². The summed E-state index contributed by atoms with van der Waals surface area (Å²) >= 11 is 0. The Labute approximate surface area is 108 Å². The Kier molecular flexibility index (Phi) is 71.3. The molecule has 6 nitrogen and oxygen atoms in total. The van der Waals surface area contributed by atoms with Gasteiger partial charge in [0.25, 0.3) is 16.5 Å². The topological polar surface area (TPSA) is 126 Å². The van der Waals surface area contributed by atoms with Gasteiger partial charge in [-0.1, -0.05) is 9.13 Å². The van der Waals surface area contributed by atoms with Crippen LogP contribution in [0.1, 0.15) is 6.92 Å². The zero-order valence-corrected chi connectivity index (χ0v) is 12.9. The van der Waals surface area contributed by atoms with Gasteiger partial charge in [-0.25, -0.2) is 0 Å². The molecule has 0 unspecified atom stereocenters. The fraction of sp³-hybridized carbons (Fsp3) is 0.500. The first-order valence-electron chi connectivity index (χ1n) is 1.80. The third kappa shape index (κ3) is 463. The molecule has 0 bridgehead atoms. The third-order valence-corrected chi connectivity index (χ3v) is 0. The molecule has 0 amide bonds. The molecule has 0 aromatic heterocycles. The van der Waals surface area contributed by atoms with Crippen molar-refractivity contribution in [2.24, 2.45) is 0 Å². The van der Waals surface area contributed by atoms with Crippen LogP contribution in [0.4, 0.5) is 0 Å². The largest absolute Gasteiger partial charge is 1.00 e. The van der Waals surface area contributed by atoms with Crippen molar-refractivity contribution in [1.29, 1.82) is 0 Å². The van der Waals surface area contributed by atoms with E-state index in [1.165, 1.54) is 0 Å². The molecule has 0 aliphatic rings. The van der Waals surface area contributed by atoms with Gasteiger partial charge < -0.3 is 26.5 Å². The normalized spacial score (nSPS) is 4.83. The van der Waals surface area contributed by atoms with Crippen molar-refractivity contribution < 1.29 is 78.7 Å². The summed E-state index contributed by atoms with van der Waals surface area (Å²) in [5.41, 5.74) is 0. The van der Waals surface area contributed by atoms with Gasteiger partial charge >= 0.3 is 29.6 Å². The standard InChI is InChI=1S/C2H5.Na.2HO3P.Re/c1-2;;2*1-4(2)3;/h1H2,2H3;;2*(H,1,2,3);/q-1;+1;;;/p-2. The second kappa shape index (κ2) is 29.3. The number of hydrogen-bond acceptors (Lipinski definition) is 6. The molecule has 0 aliphatic heterocycles. The summed E-state index contributed by atoms with van der Waals surface area (Å²) < 4.78 is 17.0. The zero-order valence-electron chi connectivity index (χ0n) is 6.43. The molecule has 0 atom stereocenters. The Morgan fingerprint density at radius 1 is 0.917 bits per heavy atom. The van der Waals surface area contributed by atoms with E-state index in [0.29, 0.717) is 0 Å². The molecule has 69 valence electrons. The van der Waals surface area contributed by atoms with Crippen molar-refractivity contribution in [1.82, 2.24) is 0 Å². The van der Waals surface area contributed by atoms with Gasteiger partial charge in [0, 0.05) is 20.4 Å². The minimum atomic E-state index is -3.37. The molecule has 0 N–H and O–H groups in total. The van der Waals surface area contributed by atoms with Gasteiger partial charge in [-0.15, -0.1) is 0 Å². The first-order valence-corrected chi connectivity index (χ1v) is 3.99. The molecule has 0 aliphatic carbocycles. The van der Waals surface area contributed by atoms with E-state index in [-0.39, 0.29) is 50.0 Å². The van der Waals surface area contributed by atoms with Crippen molar-refractivity contribution in [3.8, 4) is 0 Å². The predicted molar refractivity (Wildman–Crippen MR) is 26.2 cm³/mol. The van der Waals surface area contributed by atoms with Gasteiger partial charge in [-0.05, 0) is 0 Å². The quantitative estimate of drug-likeness (QED) is 0.229. The van der Waals surface area contributed by atoms with E-state index < -0.39 is 16.5 Å². The SMILES string of the molecule is O=[P+]([O-])[O-].O=[P+]([O-])[O-].[CH2-]C.[Na+].[Re]. The Morgan fingerprint density at radius 3 is 0.917 bits per heavy atom.